The summed E-state index contributed by atoms with van der Waals surface area (Å²) in [6, 6.07) is 8.29. The van der Waals surface area contributed by atoms with Crippen LogP contribution < -0.4 is 20.5 Å². The highest BCUT2D eigenvalue weighted by molar-refractivity contribution is 5.76. The first-order valence-electron chi connectivity index (χ1n) is 9.27. The molecule has 0 unspecified atom stereocenters. The Morgan fingerprint density at radius 3 is 2.55 bits per heavy atom. The number of nitrogens with one attached hydrogen (secondary N) is 1. The molecule has 9 heteroatoms. The molecule has 0 amide bonds. The number of benzene rings is 2. The van der Waals surface area contributed by atoms with Crippen LogP contribution in [0.15, 0.2) is 41.2 Å². The summed E-state index contributed by atoms with van der Waals surface area (Å²) in [6.07, 6.45) is 0. The van der Waals surface area contributed by atoms with Gasteiger partial charge in [-0.1, -0.05) is 12.1 Å². The molecule has 1 fully saturated rings. The monoisotopic (exact) mass is 404 g/mol. The number of ether oxygens (including phenoxy) is 1. The van der Waals surface area contributed by atoms with E-state index in [1.54, 1.807) is 12.1 Å². The number of rotatable bonds is 5. The number of halogens is 3. The minimum Gasteiger partial charge on any atom is -0.489 e. The highest BCUT2D eigenvalue weighted by atomic mass is 19.2. The van der Waals surface area contributed by atoms with Crippen molar-refractivity contribution in [2.75, 3.05) is 37.7 Å². The molecular formula is C20H19F3N4O2. The lowest BCUT2D eigenvalue weighted by Gasteiger charge is -2.28. The lowest BCUT2D eigenvalue weighted by Crippen LogP contribution is -2.46. The molecule has 0 bridgehead atoms. The summed E-state index contributed by atoms with van der Waals surface area (Å²) < 4.78 is 47.0. The van der Waals surface area contributed by atoms with Crippen LogP contribution in [0.25, 0.3) is 11.0 Å². The number of hydrogen-bond acceptors (Lipinski definition) is 5. The first kappa shape index (κ1) is 19.3. The van der Waals surface area contributed by atoms with Gasteiger partial charge in [-0.2, -0.15) is 0 Å². The first-order valence-corrected chi connectivity index (χ1v) is 9.27. The molecule has 6 nitrogen and oxygen atoms in total. The van der Waals surface area contributed by atoms with E-state index in [0.717, 1.165) is 13.1 Å². The SMILES string of the molecule is O=c1c(N2CCNCC2)nc2ccccc2n1CCOc1cc(F)c(F)cc1F. The largest absolute Gasteiger partial charge is 0.489 e. The molecule has 0 radical (unpaired) electrons. The zero-order valence-corrected chi connectivity index (χ0v) is 15.5. The van der Waals surface area contributed by atoms with Crippen molar-refractivity contribution in [3.05, 3.63) is 64.2 Å². The van der Waals surface area contributed by atoms with E-state index in [1.165, 1.54) is 4.57 Å². The molecule has 2 aromatic carbocycles. The lowest BCUT2D eigenvalue weighted by atomic mass is 10.2. The van der Waals surface area contributed by atoms with E-state index in [2.05, 4.69) is 10.3 Å². The van der Waals surface area contributed by atoms with Crippen LogP contribution in [0.1, 0.15) is 0 Å². The van der Waals surface area contributed by atoms with Crippen LogP contribution in [-0.4, -0.2) is 42.3 Å². The number of fused-ring (bicyclic) bond motifs is 1. The second-order valence-corrected chi connectivity index (χ2v) is 6.66. The van der Waals surface area contributed by atoms with Gasteiger partial charge in [0.25, 0.3) is 5.56 Å². The molecule has 0 spiro atoms. The summed E-state index contributed by atoms with van der Waals surface area (Å²) in [6.45, 7) is 2.84. The second-order valence-electron chi connectivity index (χ2n) is 6.66. The molecule has 1 N–H and O–H groups in total. The van der Waals surface area contributed by atoms with Crippen molar-refractivity contribution in [2.24, 2.45) is 0 Å². The van der Waals surface area contributed by atoms with Crippen molar-refractivity contribution in [1.82, 2.24) is 14.9 Å². The molecule has 4 rings (SSSR count). The van der Waals surface area contributed by atoms with Gasteiger partial charge in [-0.25, -0.2) is 18.2 Å². The number of aromatic nitrogens is 2. The van der Waals surface area contributed by atoms with E-state index in [0.29, 0.717) is 42.1 Å². The molecule has 0 atom stereocenters. The lowest BCUT2D eigenvalue weighted by molar-refractivity contribution is 0.281. The molecule has 1 saturated heterocycles. The van der Waals surface area contributed by atoms with Gasteiger partial charge in [0.15, 0.2) is 29.0 Å². The quantitative estimate of drug-likeness (QED) is 0.662. The fourth-order valence-corrected chi connectivity index (χ4v) is 3.35. The van der Waals surface area contributed by atoms with Crippen LogP contribution >= 0.6 is 0 Å². The van der Waals surface area contributed by atoms with Crippen LogP contribution in [0, 0.1) is 17.5 Å². The minimum absolute atomic E-state index is 0.0966. The topological polar surface area (TPSA) is 59.4 Å². The summed E-state index contributed by atoms with van der Waals surface area (Å²) in [7, 11) is 0. The molecule has 2 heterocycles. The van der Waals surface area contributed by atoms with Crippen molar-refractivity contribution in [3.63, 3.8) is 0 Å². The van der Waals surface area contributed by atoms with Crippen LogP contribution in [-0.2, 0) is 6.54 Å². The van der Waals surface area contributed by atoms with E-state index in [9.17, 15) is 18.0 Å². The van der Waals surface area contributed by atoms with Gasteiger partial charge in [0.2, 0.25) is 0 Å². The zero-order valence-electron chi connectivity index (χ0n) is 15.5. The number of nitrogens with zero attached hydrogens (tertiary/aromatic N) is 3. The van der Waals surface area contributed by atoms with Crippen LogP contribution in [0.5, 0.6) is 5.75 Å². The Morgan fingerprint density at radius 2 is 1.76 bits per heavy atom. The van der Waals surface area contributed by atoms with E-state index < -0.39 is 23.2 Å². The Morgan fingerprint density at radius 1 is 1.03 bits per heavy atom. The standard InChI is InChI=1S/C20H19F3N4O2/c21-13-11-15(23)18(12-14(13)22)29-10-9-27-17-4-2-1-3-16(17)25-19(20(27)28)26-7-5-24-6-8-26/h1-4,11-12,24H,5-10H2. The normalized spacial score (nSPS) is 14.4. The maximum Gasteiger partial charge on any atom is 0.294 e. The van der Waals surface area contributed by atoms with Gasteiger partial charge in [-0.3, -0.25) is 4.79 Å². The maximum absolute atomic E-state index is 13.8. The molecule has 1 aliphatic heterocycles. The predicted molar refractivity (Wildman–Crippen MR) is 103 cm³/mol. The number of anilines is 1. The molecular weight excluding hydrogens is 385 g/mol. The fourth-order valence-electron chi connectivity index (χ4n) is 3.35. The van der Waals surface area contributed by atoms with Gasteiger partial charge in [-0.15, -0.1) is 0 Å². The third-order valence-corrected chi connectivity index (χ3v) is 4.80. The molecule has 152 valence electrons. The van der Waals surface area contributed by atoms with Gasteiger partial charge in [0.05, 0.1) is 17.6 Å². The van der Waals surface area contributed by atoms with Gasteiger partial charge >= 0.3 is 0 Å². The molecule has 0 saturated carbocycles. The average Bonchev–Trinajstić information content (AvgIpc) is 2.73. The minimum atomic E-state index is -1.29. The average molecular weight is 404 g/mol. The number of piperazine rings is 1. The summed E-state index contributed by atoms with van der Waals surface area (Å²) in [5, 5.41) is 3.23. The van der Waals surface area contributed by atoms with Crippen LogP contribution in [0.4, 0.5) is 19.0 Å². The van der Waals surface area contributed by atoms with Crippen LogP contribution in [0.2, 0.25) is 0 Å². The van der Waals surface area contributed by atoms with Gasteiger partial charge in [0.1, 0.15) is 6.61 Å². The summed E-state index contributed by atoms with van der Waals surface area (Å²) in [5.74, 6) is -3.54. The highest BCUT2D eigenvalue weighted by Crippen LogP contribution is 2.21. The van der Waals surface area contributed by atoms with Crippen molar-refractivity contribution in [3.8, 4) is 5.75 Å². The van der Waals surface area contributed by atoms with E-state index in [4.69, 9.17) is 4.74 Å². The Balaban J connectivity index is 1.63. The summed E-state index contributed by atoms with van der Waals surface area (Å²) >= 11 is 0. The van der Waals surface area contributed by atoms with Crippen molar-refractivity contribution in [1.29, 1.82) is 0 Å². The van der Waals surface area contributed by atoms with Crippen molar-refractivity contribution in [2.45, 2.75) is 6.54 Å². The fraction of sp³-hybridized carbons (Fsp3) is 0.300. The third-order valence-electron chi connectivity index (χ3n) is 4.80. The second kappa shape index (κ2) is 8.12. The molecule has 1 aromatic heterocycles. The molecule has 3 aromatic rings. The Labute approximate surface area is 164 Å². The summed E-state index contributed by atoms with van der Waals surface area (Å²) in [5.41, 5.74) is 0.991. The van der Waals surface area contributed by atoms with Gasteiger partial charge in [0, 0.05) is 38.3 Å². The first-order chi connectivity index (χ1) is 14.0. The molecule has 0 aliphatic carbocycles. The van der Waals surface area contributed by atoms with E-state index in [-0.39, 0.29) is 18.7 Å². The summed E-state index contributed by atoms with van der Waals surface area (Å²) in [4.78, 5) is 19.6. The van der Waals surface area contributed by atoms with Crippen molar-refractivity contribution < 1.29 is 17.9 Å². The molecule has 1 aliphatic rings. The number of para-hydroxylation sites is 2. The van der Waals surface area contributed by atoms with E-state index >= 15 is 0 Å². The zero-order chi connectivity index (χ0) is 20.4. The van der Waals surface area contributed by atoms with Crippen molar-refractivity contribution >= 4 is 16.9 Å². The van der Waals surface area contributed by atoms with E-state index in [1.807, 2.05) is 17.0 Å². The predicted octanol–water partition coefficient (Wildman–Crippen LogP) is 2.30. The highest BCUT2D eigenvalue weighted by Gasteiger charge is 2.19. The van der Waals surface area contributed by atoms with Crippen LogP contribution in [0.3, 0.4) is 0 Å². The Kier molecular flexibility index (Phi) is 5.39. The van der Waals surface area contributed by atoms with Gasteiger partial charge < -0.3 is 19.5 Å². The molecule has 29 heavy (non-hydrogen) atoms. The Hall–Kier alpha value is -3.07. The Bertz CT molecular complexity index is 1100. The smallest absolute Gasteiger partial charge is 0.294 e. The number of hydrogen-bond donors (Lipinski definition) is 1. The third kappa shape index (κ3) is 3.91. The van der Waals surface area contributed by atoms with Gasteiger partial charge in [-0.05, 0) is 12.1 Å². The maximum atomic E-state index is 13.8.